The van der Waals surface area contributed by atoms with Crippen LogP contribution >= 0.6 is 0 Å². The van der Waals surface area contributed by atoms with Gasteiger partial charge in [-0.1, -0.05) is 60.7 Å². The zero-order chi connectivity index (χ0) is 25.8. The summed E-state index contributed by atoms with van der Waals surface area (Å²) in [5, 5.41) is 0.515. The van der Waals surface area contributed by atoms with Crippen molar-refractivity contribution >= 4 is 10.9 Å². The highest BCUT2D eigenvalue weighted by Crippen LogP contribution is 2.29. The number of para-hydroxylation sites is 1. The van der Waals surface area contributed by atoms with Crippen LogP contribution in [0.15, 0.2) is 95.8 Å². The van der Waals surface area contributed by atoms with E-state index >= 15 is 0 Å². The standard InChI is InChI=1S/C31H28N2O4/c1-35-25-16-17-27(36-2)24(20-25)18-19-33-30(32-29-26(31(33)34)10-7-11-28(29)37-3)23-14-12-22(13-15-23)21-8-5-4-6-9-21/h4-17,20H,18-19H2,1-3H3. The van der Waals surface area contributed by atoms with Crippen LogP contribution in [0.4, 0.5) is 0 Å². The van der Waals surface area contributed by atoms with Crippen LogP contribution in [0.3, 0.4) is 0 Å². The van der Waals surface area contributed by atoms with Gasteiger partial charge in [0.2, 0.25) is 0 Å². The van der Waals surface area contributed by atoms with E-state index in [-0.39, 0.29) is 5.56 Å². The van der Waals surface area contributed by atoms with E-state index in [2.05, 4.69) is 24.3 Å². The molecule has 0 radical (unpaired) electrons. The Morgan fingerprint density at radius 1 is 0.703 bits per heavy atom. The number of hydrogen-bond acceptors (Lipinski definition) is 5. The molecule has 0 atom stereocenters. The molecule has 0 spiro atoms. The van der Waals surface area contributed by atoms with E-state index in [4.69, 9.17) is 19.2 Å². The van der Waals surface area contributed by atoms with Gasteiger partial charge in [0, 0.05) is 12.1 Å². The van der Waals surface area contributed by atoms with Gasteiger partial charge < -0.3 is 14.2 Å². The minimum atomic E-state index is -0.118. The molecule has 5 rings (SSSR count). The van der Waals surface area contributed by atoms with Crippen LogP contribution < -0.4 is 19.8 Å². The molecule has 37 heavy (non-hydrogen) atoms. The highest BCUT2D eigenvalue weighted by Gasteiger charge is 2.17. The van der Waals surface area contributed by atoms with Crippen molar-refractivity contribution in [1.82, 2.24) is 9.55 Å². The Morgan fingerprint density at radius 2 is 1.41 bits per heavy atom. The highest BCUT2D eigenvalue weighted by atomic mass is 16.5. The molecular weight excluding hydrogens is 464 g/mol. The molecule has 0 saturated heterocycles. The van der Waals surface area contributed by atoms with E-state index in [0.717, 1.165) is 33.8 Å². The minimum absolute atomic E-state index is 0.118. The topological polar surface area (TPSA) is 62.6 Å². The lowest BCUT2D eigenvalue weighted by atomic mass is 10.0. The second-order valence-corrected chi connectivity index (χ2v) is 8.62. The fourth-order valence-corrected chi connectivity index (χ4v) is 4.56. The van der Waals surface area contributed by atoms with E-state index in [1.54, 1.807) is 32.0 Å². The van der Waals surface area contributed by atoms with Gasteiger partial charge in [-0.2, -0.15) is 0 Å². The molecule has 0 unspecified atom stereocenters. The van der Waals surface area contributed by atoms with Gasteiger partial charge >= 0.3 is 0 Å². The number of fused-ring (bicyclic) bond motifs is 1. The summed E-state index contributed by atoms with van der Waals surface area (Å²) in [6, 6.07) is 29.4. The molecule has 4 aromatic carbocycles. The van der Waals surface area contributed by atoms with Gasteiger partial charge in [-0.25, -0.2) is 4.98 Å². The molecule has 0 bridgehead atoms. The SMILES string of the molecule is COc1ccc(OC)c(CCn2c(-c3ccc(-c4ccccc4)cc3)nc3c(OC)cccc3c2=O)c1. The van der Waals surface area contributed by atoms with Crippen molar-refractivity contribution in [1.29, 1.82) is 0 Å². The lowest BCUT2D eigenvalue weighted by molar-refractivity contribution is 0.397. The molecule has 5 aromatic rings. The second-order valence-electron chi connectivity index (χ2n) is 8.62. The number of benzene rings is 4. The van der Waals surface area contributed by atoms with Crippen LogP contribution in [-0.4, -0.2) is 30.9 Å². The number of aryl methyl sites for hydroxylation is 1. The van der Waals surface area contributed by atoms with Crippen molar-refractivity contribution in [3.05, 3.63) is 107 Å². The van der Waals surface area contributed by atoms with Crippen LogP contribution in [0.5, 0.6) is 17.2 Å². The molecule has 0 amide bonds. The molecule has 0 aliphatic heterocycles. The molecule has 0 saturated carbocycles. The Labute approximate surface area is 215 Å². The number of nitrogens with zero attached hydrogens (tertiary/aromatic N) is 2. The quantitative estimate of drug-likeness (QED) is 0.266. The summed E-state index contributed by atoms with van der Waals surface area (Å²) in [4.78, 5) is 18.7. The summed E-state index contributed by atoms with van der Waals surface area (Å²) in [7, 11) is 4.86. The molecule has 0 N–H and O–H groups in total. The van der Waals surface area contributed by atoms with Gasteiger partial charge in [0.05, 0.1) is 26.7 Å². The van der Waals surface area contributed by atoms with Crippen molar-refractivity contribution < 1.29 is 14.2 Å². The third kappa shape index (κ3) is 4.78. The lowest BCUT2D eigenvalue weighted by Crippen LogP contribution is -2.24. The third-order valence-electron chi connectivity index (χ3n) is 6.51. The monoisotopic (exact) mass is 492 g/mol. The van der Waals surface area contributed by atoms with Crippen molar-refractivity contribution in [2.24, 2.45) is 0 Å². The van der Waals surface area contributed by atoms with Gasteiger partial charge in [-0.05, 0) is 53.4 Å². The van der Waals surface area contributed by atoms with Gasteiger partial charge in [-0.15, -0.1) is 0 Å². The maximum Gasteiger partial charge on any atom is 0.261 e. The van der Waals surface area contributed by atoms with E-state index in [1.807, 2.05) is 60.7 Å². The molecule has 6 nitrogen and oxygen atoms in total. The zero-order valence-electron chi connectivity index (χ0n) is 21.1. The van der Waals surface area contributed by atoms with Crippen LogP contribution in [0, 0.1) is 0 Å². The maximum absolute atomic E-state index is 13.8. The largest absolute Gasteiger partial charge is 0.497 e. The van der Waals surface area contributed by atoms with E-state index in [0.29, 0.717) is 35.4 Å². The summed E-state index contributed by atoms with van der Waals surface area (Å²) in [6.07, 6.45) is 0.562. The summed E-state index contributed by atoms with van der Waals surface area (Å²) in [5.41, 5.74) is 4.45. The first-order chi connectivity index (χ1) is 18.1. The molecule has 0 aliphatic carbocycles. The predicted molar refractivity (Wildman–Crippen MR) is 147 cm³/mol. The summed E-state index contributed by atoms with van der Waals surface area (Å²) < 4.78 is 18.2. The van der Waals surface area contributed by atoms with Crippen molar-refractivity contribution in [2.75, 3.05) is 21.3 Å². The van der Waals surface area contributed by atoms with Crippen LogP contribution in [0.1, 0.15) is 5.56 Å². The summed E-state index contributed by atoms with van der Waals surface area (Å²) in [6.45, 7) is 0.415. The fourth-order valence-electron chi connectivity index (χ4n) is 4.56. The van der Waals surface area contributed by atoms with E-state index in [1.165, 1.54) is 0 Å². The van der Waals surface area contributed by atoms with Crippen LogP contribution in [0.2, 0.25) is 0 Å². The van der Waals surface area contributed by atoms with E-state index < -0.39 is 0 Å². The Balaban J connectivity index is 1.62. The maximum atomic E-state index is 13.8. The lowest BCUT2D eigenvalue weighted by Gasteiger charge is -2.16. The predicted octanol–water partition coefficient (Wildman–Crippen LogP) is 6.00. The smallest absolute Gasteiger partial charge is 0.261 e. The Morgan fingerprint density at radius 3 is 2.11 bits per heavy atom. The first-order valence-electron chi connectivity index (χ1n) is 12.1. The van der Waals surface area contributed by atoms with Gasteiger partial charge in [-0.3, -0.25) is 9.36 Å². The number of ether oxygens (including phenoxy) is 3. The Hall–Kier alpha value is -4.58. The molecule has 6 heteroatoms. The van der Waals surface area contributed by atoms with Gasteiger partial charge in [0.25, 0.3) is 5.56 Å². The first-order valence-corrected chi connectivity index (χ1v) is 12.1. The van der Waals surface area contributed by atoms with Crippen LogP contribution in [-0.2, 0) is 13.0 Å². The molecular formula is C31H28N2O4. The Bertz CT molecular complexity index is 1590. The molecule has 0 aliphatic rings. The number of aromatic nitrogens is 2. The Kier molecular flexibility index (Phi) is 6.90. The molecule has 1 heterocycles. The zero-order valence-corrected chi connectivity index (χ0v) is 21.1. The van der Waals surface area contributed by atoms with Crippen molar-refractivity contribution in [2.45, 2.75) is 13.0 Å². The molecule has 0 fully saturated rings. The summed E-state index contributed by atoms with van der Waals surface area (Å²) >= 11 is 0. The summed E-state index contributed by atoms with van der Waals surface area (Å²) in [5.74, 6) is 2.64. The van der Waals surface area contributed by atoms with Crippen molar-refractivity contribution in [3.8, 4) is 39.8 Å². The number of methoxy groups -OCH3 is 3. The van der Waals surface area contributed by atoms with Crippen LogP contribution in [0.25, 0.3) is 33.4 Å². The fraction of sp³-hybridized carbons (Fsp3) is 0.161. The normalized spacial score (nSPS) is 10.9. The first kappa shape index (κ1) is 24.1. The molecule has 186 valence electrons. The van der Waals surface area contributed by atoms with Gasteiger partial charge in [0.15, 0.2) is 0 Å². The third-order valence-corrected chi connectivity index (χ3v) is 6.51. The average Bonchev–Trinajstić information content (AvgIpc) is 2.96. The average molecular weight is 493 g/mol. The van der Waals surface area contributed by atoms with Gasteiger partial charge in [0.1, 0.15) is 28.6 Å². The number of hydrogen-bond donors (Lipinski definition) is 0. The number of rotatable bonds is 8. The second kappa shape index (κ2) is 10.6. The van der Waals surface area contributed by atoms with E-state index in [9.17, 15) is 4.79 Å². The molecule has 1 aromatic heterocycles. The highest BCUT2D eigenvalue weighted by molar-refractivity contribution is 5.85. The van der Waals surface area contributed by atoms with Crippen molar-refractivity contribution in [3.63, 3.8) is 0 Å². The minimum Gasteiger partial charge on any atom is -0.497 e.